The van der Waals surface area contributed by atoms with E-state index < -0.39 is 0 Å². The smallest absolute Gasteiger partial charge is 0.164 e. The predicted octanol–water partition coefficient (Wildman–Crippen LogP) is 13.8. The van der Waals surface area contributed by atoms with E-state index in [1.807, 2.05) is 0 Å². The van der Waals surface area contributed by atoms with Crippen molar-refractivity contribution < 1.29 is 0 Å². The largest absolute Gasteiger partial charge is 0.324 e. The van der Waals surface area contributed by atoms with Gasteiger partial charge in [-0.25, -0.2) is 29.9 Å². The first-order valence-electron chi connectivity index (χ1n) is 19.2. The summed E-state index contributed by atoms with van der Waals surface area (Å²) in [4.78, 5) is 43.7. The highest BCUT2D eigenvalue weighted by atomic mass is 32.1. The molecule has 0 amide bonds. The van der Waals surface area contributed by atoms with Gasteiger partial charge in [-0.15, -0.1) is 45.3 Å². The third-order valence-electron chi connectivity index (χ3n) is 11.1. The van der Waals surface area contributed by atoms with Crippen LogP contribution in [0.3, 0.4) is 0 Å². The van der Waals surface area contributed by atoms with Gasteiger partial charge in [-0.2, -0.15) is 0 Å². The summed E-state index contributed by atoms with van der Waals surface area (Å²) in [5.41, 5.74) is 10.7. The Morgan fingerprint density at radius 1 is 0.300 bits per heavy atom. The molecule has 282 valence electrons. The average Bonchev–Trinajstić information content (AvgIpc) is 4.13. The zero-order chi connectivity index (χ0) is 39.3. The van der Waals surface area contributed by atoms with Gasteiger partial charge in [-0.1, -0.05) is 48.5 Å². The molecule has 12 heteroatoms. The molecule has 2 N–H and O–H groups in total. The Morgan fingerprint density at radius 2 is 0.633 bits per heavy atom. The summed E-state index contributed by atoms with van der Waals surface area (Å²) >= 11 is 6.84. The molecule has 2 aliphatic rings. The van der Waals surface area contributed by atoms with E-state index in [0.717, 1.165) is 66.1 Å². The van der Waals surface area contributed by atoms with Crippen LogP contribution in [0.25, 0.3) is 131 Å². The Labute approximate surface area is 357 Å². The third kappa shape index (κ3) is 5.46. The van der Waals surface area contributed by atoms with E-state index in [-0.39, 0.29) is 0 Å². The lowest BCUT2D eigenvalue weighted by Gasteiger charge is -2.03. The fraction of sp³-hybridized carbons (Fsp3) is 0. The van der Waals surface area contributed by atoms with Crippen molar-refractivity contribution in [2.75, 3.05) is 0 Å². The molecule has 0 radical (unpaired) electrons. The number of H-pyrrole nitrogens is 2. The average molecular weight is 843 g/mol. The molecule has 8 bridgehead atoms. The molecule has 0 spiro atoms. The summed E-state index contributed by atoms with van der Waals surface area (Å²) in [6.45, 7) is 0. The topological polar surface area (TPSA) is 109 Å². The minimum atomic E-state index is 0.574. The molecule has 4 aromatic carbocycles. The van der Waals surface area contributed by atoms with Crippen LogP contribution in [-0.2, 0) is 0 Å². The highest BCUT2D eigenvalue weighted by Crippen LogP contribution is 2.42. The molecule has 0 fully saturated rings. The van der Waals surface area contributed by atoms with E-state index >= 15 is 0 Å². The zero-order valence-corrected chi connectivity index (χ0v) is 34.4. The Bertz CT molecular complexity index is 3410. The van der Waals surface area contributed by atoms with Crippen molar-refractivity contribution in [2.24, 2.45) is 0 Å². The Morgan fingerprint density at radius 3 is 1.00 bits per heavy atom. The number of thiophene rings is 4. The van der Waals surface area contributed by atoms with E-state index in [0.29, 0.717) is 45.9 Å². The molecular weight excluding hydrogens is 817 g/mol. The van der Waals surface area contributed by atoms with Crippen LogP contribution in [0, 0.1) is 0 Å². The maximum Gasteiger partial charge on any atom is 0.164 e. The molecule has 11 aromatic rings. The number of nitrogens with one attached hydrogen (secondary N) is 2. The summed E-state index contributed by atoms with van der Waals surface area (Å²) in [6.07, 6.45) is 0. The van der Waals surface area contributed by atoms with Crippen LogP contribution >= 0.6 is 45.3 Å². The second kappa shape index (κ2) is 13.3. The maximum atomic E-state index is 5.33. The Kier molecular flexibility index (Phi) is 7.52. The number of hydrogen-bond donors (Lipinski definition) is 2. The van der Waals surface area contributed by atoms with Crippen LogP contribution in [0.15, 0.2) is 143 Å². The quantitative estimate of drug-likeness (QED) is 0.183. The molecule has 8 nitrogen and oxygen atoms in total. The minimum Gasteiger partial charge on any atom is -0.324 e. The van der Waals surface area contributed by atoms with Crippen molar-refractivity contribution in [3.05, 3.63) is 143 Å². The van der Waals surface area contributed by atoms with Crippen LogP contribution < -0.4 is 0 Å². The number of aromatic amines is 2. The summed E-state index contributed by atoms with van der Waals surface area (Å²) in [5, 5.41) is 12.1. The molecule has 0 saturated carbocycles. The molecule has 0 atom stereocenters. The van der Waals surface area contributed by atoms with Gasteiger partial charge in [0.05, 0.1) is 0 Å². The zero-order valence-electron chi connectivity index (χ0n) is 31.2. The molecule has 0 saturated heterocycles. The van der Waals surface area contributed by atoms with Gasteiger partial charge < -0.3 is 9.97 Å². The third-order valence-corrected chi connectivity index (χ3v) is 14.7. The van der Waals surface area contributed by atoms with E-state index in [1.54, 1.807) is 45.3 Å². The maximum absolute atomic E-state index is 5.33. The Hall–Kier alpha value is -6.96. The summed E-state index contributed by atoms with van der Waals surface area (Å²) < 4.78 is 0. The van der Waals surface area contributed by atoms with Gasteiger partial charge in [-0.3, -0.25) is 0 Å². The number of benzene rings is 4. The first kappa shape index (κ1) is 34.0. The van der Waals surface area contributed by atoms with Crippen molar-refractivity contribution in [1.29, 1.82) is 0 Å². The minimum absolute atomic E-state index is 0.574. The molecular formula is C48H26N8S4. The predicted molar refractivity (Wildman–Crippen MR) is 249 cm³/mol. The van der Waals surface area contributed by atoms with Crippen molar-refractivity contribution in [2.45, 2.75) is 0 Å². The van der Waals surface area contributed by atoms with E-state index in [2.05, 4.69) is 153 Å². The second-order valence-electron chi connectivity index (χ2n) is 14.6. The number of hydrogen-bond acceptors (Lipinski definition) is 10. The number of nitrogens with zero attached hydrogens (tertiary/aromatic N) is 6. The fourth-order valence-corrected chi connectivity index (χ4v) is 11.1. The lowest BCUT2D eigenvalue weighted by Crippen LogP contribution is -1.84. The number of rotatable bonds is 4. The van der Waals surface area contributed by atoms with Crippen LogP contribution in [0.4, 0.5) is 0 Å². The lowest BCUT2D eigenvalue weighted by molar-refractivity contribution is 1.19. The van der Waals surface area contributed by atoms with E-state index in [4.69, 9.17) is 29.9 Å². The fourth-order valence-electron chi connectivity index (χ4n) is 8.18. The summed E-state index contributed by atoms with van der Waals surface area (Å²) in [5.74, 6) is 2.30. The normalized spacial score (nSPS) is 12.0. The Balaban J connectivity index is 1.16. The van der Waals surface area contributed by atoms with E-state index in [9.17, 15) is 0 Å². The molecule has 9 heterocycles. The lowest BCUT2D eigenvalue weighted by atomic mass is 10.0. The number of aromatic nitrogens is 8. The van der Waals surface area contributed by atoms with Gasteiger partial charge in [0.25, 0.3) is 0 Å². The van der Waals surface area contributed by atoms with Crippen LogP contribution in [0.1, 0.15) is 0 Å². The SMILES string of the molecule is c1csc(-c2ccc3c(c2)-c2nc-3nc3[nH]c(nc4nc(nc5[nH]c(n2)c2ccc(-c6cccs6)cc52)-c2ccc(-c5cccs5)cc2-4)c2ccc(-c4cccs4)cc32)c1. The highest BCUT2D eigenvalue weighted by Gasteiger charge is 2.24. The monoisotopic (exact) mass is 842 g/mol. The molecule has 0 aliphatic carbocycles. The summed E-state index contributed by atoms with van der Waals surface area (Å²) in [7, 11) is 0. The highest BCUT2D eigenvalue weighted by molar-refractivity contribution is 7.14. The van der Waals surface area contributed by atoms with Crippen molar-refractivity contribution in [3.63, 3.8) is 0 Å². The number of fused-ring (bicyclic) bond motifs is 20. The van der Waals surface area contributed by atoms with Crippen molar-refractivity contribution >= 4 is 89.5 Å². The van der Waals surface area contributed by atoms with Crippen molar-refractivity contribution in [3.8, 4) is 87.3 Å². The van der Waals surface area contributed by atoms with Gasteiger partial charge in [0.2, 0.25) is 0 Å². The molecule has 7 aromatic heterocycles. The standard InChI is InChI=1S/C48H26N8S4/c1-5-37(57-17-1)25-9-13-29-33(21-25)45-49-41(29)54-46-35-23-27(39-7-3-19-59-39)11-15-31(35)43(51-46)56-48-36-24-28(40-8-4-20-60-40)12-16-32(36)44(52-48)55-47-34-22-26(38-6-2-18-58-38)10-14-30(34)42(50-47)53-45/h1-24H,(H2,49,50,51,52,53,54,55,56). The van der Waals surface area contributed by atoms with Crippen LogP contribution in [0.5, 0.6) is 0 Å². The molecule has 60 heavy (non-hydrogen) atoms. The van der Waals surface area contributed by atoms with Crippen molar-refractivity contribution in [1.82, 2.24) is 39.9 Å². The first-order chi connectivity index (χ1) is 29.7. The van der Waals surface area contributed by atoms with Gasteiger partial charge >= 0.3 is 0 Å². The molecule has 13 rings (SSSR count). The second-order valence-corrected chi connectivity index (χ2v) is 18.4. The van der Waals surface area contributed by atoms with Gasteiger partial charge in [0.1, 0.15) is 22.6 Å². The molecule has 2 aliphatic heterocycles. The van der Waals surface area contributed by atoms with E-state index in [1.165, 1.54) is 19.5 Å². The van der Waals surface area contributed by atoms with Crippen LogP contribution in [-0.4, -0.2) is 39.9 Å². The van der Waals surface area contributed by atoms with Gasteiger partial charge in [-0.05, 0) is 117 Å². The van der Waals surface area contributed by atoms with Gasteiger partial charge in [0, 0.05) is 63.3 Å². The first-order valence-corrected chi connectivity index (χ1v) is 22.7. The van der Waals surface area contributed by atoms with Gasteiger partial charge in [0.15, 0.2) is 23.3 Å². The summed E-state index contributed by atoms with van der Waals surface area (Å²) in [6, 6.07) is 42.7. The van der Waals surface area contributed by atoms with Crippen LogP contribution in [0.2, 0.25) is 0 Å². The molecule has 0 unspecified atom stereocenters.